The van der Waals surface area contributed by atoms with Gasteiger partial charge in [0.2, 0.25) is 0 Å². The third-order valence-corrected chi connectivity index (χ3v) is 2.03. The van der Waals surface area contributed by atoms with E-state index in [2.05, 4.69) is 0 Å². The topological polar surface area (TPSA) is 86.7 Å². The van der Waals surface area contributed by atoms with Gasteiger partial charge in [-0.3, -0.25) is 4.79 Å². The quantitative estimate of drug-likeness (QED) is 0.463. The summed E-state index contributed by atoms with van der Waals surface area (Å²) in [6.45, 7) is 1.47. The molecule has 0 bridgehead atoms. The Morgan fingerprint density at radius 1 is 1.56 bits per heavy atom. The van der Waals surface area contributed by atoms with Crippen LogP contribution >= 0.6 is 0 Å². The molecule has 0 saturated heterocycles. The van der Waals surface area contributed by atoms with Crippen LogP contribution in [-0.2, 0) is 0 Å². The number of aromatic carboxylic acids is 1. The summed E-state index contributed by atoms with van der Waals surface area (Å²) in [4.78, 5) is 21.4. The first-order valence-corrected chi connectivity index (χ1v) is 4.10. The molecule has 0 atom stereocenters. The van der Waals surface area contributed by atoms with Crippen LogP contribution < -0.4 is 39.4 Å². The Kier molecular flexibility index (Phi) is 5.50. The maximum Gasteiger partial charge on any atom is 1.00 e. The van der Waals surface area contributed by atoms with Gasteiger partial charge in [-0.25, -0.2) is 4.79 Å². The summed E-state index contributed by atoms with van der Waals surface area (Å²) >= 11 is 0. The SMILES string of the molecule is COc1cc(C)c(C(=O)O)c([O-])c1C=O.[Na+]. The maximum atomic E-state index is 11.5. The molecule has 1 aromatic rings. The molecule has 1 N–H and O–H groups in total. The smallest absolute Gasteiger partial charge is 0.871 e. The van der Waals surface area contributed by atoms with Crippen LogP contribution in [0.1, 0.15) is 26.3 Å². The fourth-order valence-electron chi connectivity index (χ4n) is 1.32. The summed E-state index contributed by atoms with van der Waals surface area (Å²) in [6, 6.07) is 1.36. The molecular formula is C10H9NaO5. The van der Waals surface area contributed by atoms with Crippen LogP contribution in [0.4, 0.5) is 0 Å². The third kappa shape index (κ3) is 2.55. The van der Waals surface area contributed by atoms with Crippen LogP contribution in [-0.4, -0.2) is 24.5 Å². The van der Waals surface area contributed by atoms with E-state index in [9.17, 15) is 14.7 Å². The number of hydrogen-bond donors (Lipinski definition) is 1. The molecule has 0 unspecified atom stereocenters. The van der Waals surface area contributed by atoms with Gasteiger partial charge >= 0.3 is 35.5 Å². The van der Waals surface area contributed by atoms with Gasteiger partial charge in [0, 0.05) is 5.56 Å². The monoisotopic (exact) mass is 232 g/mol. The van der Waals surface area contributed by atoms with Crippen molar-refractivity contribution >= 4 is 12.3 Å². The summed E-state index contributed by atoms with van der Waals surface area (Å²) in [5, 5.41) is 20.3. The van der Waals surface area contributed by atoms with Gasteiger partial charge < -0.3 is 14.9 Å². The Labute approximate surface area is 114 Å². The number of aryl methyl sites for hydroxylation is 1. The molecule has 0 aliphatic rings. The molecule has 0 heterocycles. The second-order valence-electron chi connectivity index (χ2n) is 2.94. The summed E-state index contributed by atoms with van der Waals surface area (Å²) < 4.78 is 4.81. The van der Waals surface area contributed by atoms with E-state index in [4.69, 9.17) is 9.84 Å². The number of carboxylic acid groups (broad SMARTS) is 1. The summed E-state index contributed by atoms with van der Waals surface area (Å²) in [7, 11) is 1.31. The Hall–Kier alpha value is -1.04. The molecule has 0 amide bonds. The van der Waals surface area contributed by atoms with Gasteiger partial charge in [0.15, 0.2) is 6.29 Å². The van der Waals surface area contributed by atoms with Gasteiger partial charge in [-0.05, 0) is 18.6 Å². The van der Waals surface area contributed by atoms with E-state index >= 15 is 0 Å². The van der Waals surface area contributed by atoms with Gasteiger partial charge in [0.25, 0.3) is 0 Å². The van der Waals surface area contributed by atoms with Crippen molar-refractivity contribution in [2.24, 2.45) is 0 Å². The summed E-state index contributed by atoms with van der Waals surface area (Å²) in [6.07, 6.45) is 0.299. The van der Waals surface area contributed by atoms with E-state index < -0.39 is 17.3 Å². The Bertz CT molecular complexity index is 428. The molecule has 0 aliphatic heterocycles. The molecule has 6 heteroatoms. The minimum absolute atomic E-state index is 0. The Balaban J connectivity index is 0.00000225. The molecule has 0 saturated carbocycles. The molecule has 0 radical (unpaired) electrons. The standard InChI is InChI=1S/C10H10O5.Na/c1-5-3-7(15-2)6(4-11)9(12)8(5)10(13)14;/h3-4,12H,1-2H3,(H,13,14);/q;+1/p-1. The average Bonchev–Trinajstić information content (AvgIpc) is 2.16. The fraction of sp³-hybridized carbons (Fsp3) is 0.200. The van der Waals surface area contributed by atoms with Crippen molar-refractivity contribution in [3.63, 3.8) is 0 Å². The average molecular weight is 232 g/mol. The largest absolute Gasteiger partial charge is 1.00 e. The van der Waals surface area contributed by atoms with Crippen molar-refractivity contribution < 1.29 is 54.1 Å². The van der Waals surface area contributed by atoms with Gasteiger partial charge in [-0.15, -0.1) is 0 Å². The number of aldehydes is 1. The predicted molar refractivity (Wildman–Crippen MR) is 49.5 cm³/mol. The van der Waals surface area contributed by atoms with Crippen molar-refractivity contribution in [3.8, 4) is 11.5 Å². The molecule has 0 aliphatic carbocycles. The van der Waals surface area contributed by atoms with Crippen molar-refractivity contribution in [2.75, 3.05) is 7.11 Å². The van der Waals surface area contributed by atoms with Crippen LogP contribution in [0, 0.1) is 6.92 Å². The summed E-state index contributed by atoms with van der Waals surface area (Å²) in [5.41, 5.74) is -0.381. The molecule has 16 heavy (non-hydrogen) atoms. The van der Waals surface area contributed by atoms with Crippen LogP contribution in [0.5, 0.6) is 11.5 Å². The number of carboxylic acids is 1. The van der Waals surface area contributed by atoms with Crippen molar-refractivity contribution in [2.45, 2.75) is 6.92 Å². The number of methoxy groups -OCH3 is 1. The first-order valence-electron chi connectivity index (χ1n) is 4.10. The number of ether oxygens (including phenoxy) is 1. The molecule has 0 fully saturated rings. The molecule has 5 nitrogen and oxygen atoms in total. The number of hydrogen-bond acceptors (Lipinski definition) is 4. The first kappa shape index (κ1) is 15.0. The van der Waals surface area contributed by atoms with E-state index in [1.807, 2.05) is 0 Å². The fourth-order valence-corrected chi connectivity index (χ4v) is 1.32. The van der Waals surface area contributed by atoms with Crippen LogP contribution in [0.3, 0.4) is 0 Å². The van der Waals surface area contributed by atoms with E-state index in [-0.39, 0.29) is 46.4 Å². The van der Waals surface area contributed by atoms with Crippen molar-refractivity contribution in [1.29, 1.82) is 0 Å². The second-order valence-corrected chi connectivity index (χ2v) is 2.94. The van der Waals surface area contributed by atoms with Crippen LogP contribution in [0.2, 0.25) is 0 Å². The number of benzene rings is 1. The zero-order valence-electron chi connectivity index (χ0n) is 9.23. The van der Waals surface area contributed by atoms with E-state index in [1.54, 1.807) is 0 Å². The Morgan fingerprint density at radius 3 is 2.50 bits per heavy atom. The molecular weight excluding hydrogens is 223 g/mol. The Morgan fingerprint density at radius 2 is 2.12 bits per heavy atom. The summed E-state index contributed by atoms with van der Waals surface area (Å²) in [5.74, 6) is -2.06. The third-order valence-electron chi connectivity index (χ3n) is 2.03. The van der Waals surface area contributed by atoms with Gasteiger partial charge in [0.1, 0.15) is 5.75 Å². The zero-order valence-corrected chi connectivity index (χ0v) is 11.2. The molecule has 1 aromatic carbocycles. The van der Waals surface area contributed by atoms with Crippen molar-refractivity contribution in [1.82, 2.24) is 0 Å². The van der Waals surface area contributed by atoms with Gasteiger partial charge in [-0.2, -0.15) is 0 Å². The second kappa shape index (κ2) is 5.89. The van der Waals surface area contributed by atoms with Gasteiger partial charge in [0.05, 0.1) is 12.7 Å². The van der Waals surface area contributed by atoms with Crippen LogP contribution in [0.25, 0.3) is 0 Å². The number of carbonyl (C=O) groups excluding carboxylic acids is 1. The predicted octanol–water partition coefficient (Wildman–Crippen LogP) is -2.41. The van der Waals surface area contributed by atoms with Crippen LogP contribution in [0.15, 0.2) is 6.07 Å². The normalized spacial score (nSPS) is 9.12. The minimum Gasteiger partial charge on any atom is -0.871 e. The molecule has 80 valence electrons. The van der Waals surface area contributed by atoms with Crippen molar-refractivity contribution in [3.05, 3.63) is 22.8 Å². The van der Waals surface area contributed by atoms with E-state index in [0.717, 1.165) is 0 Å². The first-order chi connectivity index (χ1) is 7.02. The number of carbonyl (C=O) groups is 2. The zero-order chi connectivity index (χ0) is 11.6. The molecule has 0 aromatic heterocycles. The molecule has 1 rings (SSSR count). The van der Waals surface area contributed by atoms with E-state index in [0.29, 0.717) is 6.29 Å². The van der Waals surface area contributed by atoms with Gasteiger partial charge in [-0.1, -0.05) is 5.75 Å². The molecule has 0 spiro atoms. The number of rotatable bonds is 3. The minimum atomic E-state index is -1.34. The maximum absolute atomic E-state index is 11.5. The van der Waals surface area contributed by atoms with E-state index in [1.165, 1.54) is 20.1 Å².